The lowest BCUT2D eigenvalue weighted by Crippen LogP contribution is -2.49. The third-order valence-corrected chi connectivity index (χ3v) is 5.27. The molecular formula is C16H20N2O2S. The second-order valence-corrected chi connectivity index (χ2v) is 6.69. The third kappa shape index (κ3) is 2.50. The number of piperidine rings is 1. The van der Waals surface area contributed by atoms with Crippen LogP contribution in [0.3, 0.4) is 0 Å². The van der Waals surface area contributed by atoms with Crippen LogP contribution in [0.4, 0.5) is 0 Å². The highest BCUT2D eigenvalue weighted by Gasteiger charge is 2.49. The molecule has 3 heterocycles. The van der Waals surface area contributed by atoms with Crippen molar-refractivity contribution in [3.05, 3.63) is 35.0 Å². The van der Waals surface area contributed by atoms with Gasteiger partial charge in [0.25, 0.3) is 5.91 Å². The molecule has 2 amide bonds. The Balaban J connectivity index is 1.76. The fraction of sp³-hybridized carbons (Fsp3) is 0.500. The molecule has 2 aliphatic heterocycles. The van der Waals surface area contributed by atoms with E-state index in [0.29, 0.717) is 13.1 Å². The van der Waals surface area contributed by atoms with E-state index in [1.54, 1.807) is 6.08 Å². The van der Waals surface area contributed by atoms with E-state index in [4.69, 9.17) is 0 Å². The van der Waals surface area contributed by atoms with Gasteiger partial charge in [-0.2, -0.15) is 11.3 Å². The topological polar surface area (TPSA) is 40.6 Å². The van der Waals surface area contributed by atoms with Crippen molar-refractivity contribution < 1.29 is 9.59 Å². The predicted octanol–water partition coefficient (Wildman–Crippen LogP) is 2.39. The minimum Gasteiger partial charge on any atom is -0.338 e. The van der Waals surface area contributed by atoms with Crippen LogP contribution in [-0.4, -0.2) is 47.8 Å². The van der Waals surface area contributed by atoms with E-state index in [0.717, 1.165) is 37.9 Å². The van der Waals surface area contributed by atoms with Crippen LogP contribution in [0, 0.1) is 5.41 Å². The number of hydrogen-bond acceptors (Lipinski definition) is 3. The van der Waals surface area contributed by atoms with Gasteiger partial charge in [0.15, 0.2) is 0 Å². The number of likely N-dealkylation sites (tertiary alicyclic amines) is 2. The first kappa shape index (κ1) is 14.3. The first-order valence-corrected chi connectivity index (χ1v) is 8.32. The van der Waals surface area contributed by atoms with Crippen molar-refractivity contribution in [2.45, 2.75) is 19.3 Å². The largest absolute Gasteiger partial charge is 0.338 e. The fourth-order valence-corrected chi connectivity index (χ4v) is 4.11. The van der Waals surface area contributed by atoms with Crippen molar-refractivity contribution in [3.8, 4) is 0 Å². The molecule has 5 heteroatoms. The van der Waals surface area contributed by atoms with Crippen LogP contribution in [0.15, 0.2) is 29.5 Å². The first-order chi connectivity index (χ1) is 10.2. The summed E-state index contributed by atoms with van der Waals surface area (Å²) in [6.07, 6.45) is 4.43. The minimum absolute atomic E-state index is 0.0605. The van der Waals surface area contributed by atoms with E-state index in [1.807, 2.05) is 26.6 Å². The molecule has 0 aliphatic carbocycles. The first-order valence-electron chi connectivity index (χ1n) is 7.38. The van der Waals surface area contributed by atoms with Gasteiger partial charge in [0.1, 0.15) is 0 Å². The van der Waals surface area contributed by atoms with Gasteiger partial charge in [0.2, 0.25) is 5.91 Å². The molecule has 0 aromatic carbocycles. The Kier molecular flexibility index (Phi) is 3.85. The molecule has 1 aromatic rings. The van der Waals surface area contributed by atoms with Gasteiger partial charge in [-0.25, -0.2) is 0 Å². The summed E-state index contributed by atoms with van der Waals surface area (Å²) in [6, 6.07) is 1.86. The predicted molar refractivity (Wildman–Crippen MR) is 83.3 cm³/mol. The standard InChI is InChI=1S/C16H20N2O2S/c1-2-7-17-9-6-16(15(17)20)5-3-8-18(12-16)14(19)13-4-10-21-11-13/h2,4,10-11H,1,3,5-9,12H2/t16-/m1/s1. The SMILES string of the molecule is C=CCN1CC[C@@]2(CCCN(C(=O)c3ccsc3)C2)C1=O. The molecule has 0 radical (unpaired) electrons. The monoisotopic (exact) mass is 304 g/mol. The van der Waals surface area contributed by atoms with E-state index >= 15 is 0 Å². The molecule has 2 saturated heterocycles. The molecule has 2 fully saturated rings. The number of hydrogen-bond donors (Lipinski definition) is 0. The van der Waals surface area contributed by atoms with E-state index < -0.39 is 0 Å². The van der Waals surface area contributed by atoms with Gasteiger partial charge in [0, 0.05) is 31.6 Å². The van der Waals surface area contributed by atoms with Crippen LogP contribution in [-0.2, 0) is 4.79 Å². The van der Waals surface area contributed by atoms with Crippen molar-refractivity contribution >= 4 is 23.2 Å². The Morgan fingerprint density at radius 2 is 2.29 bits per heavy atom. The van der Waals surface area contributed by atoms with Crippen LogP contribution in [0.1, 0.15) is 29.6 Å². The number of rotatable bonds is 3. The Morgan fingerprint density at radius 3 is 3.00 bits per heavy atom. The number of thiophene rings is 1. The molecule has 3 rings (SSSR count). The molecule has 1 spiro atoms. The molecule has 0 bridgehead atoms. The van der Waals surface area contributed by atoms with Gasteiger partial charge >= 0.3 is 0 Å². The quantitative estimate of drug-likeness (QED) is 0.805. The van der Waals surface area contributed by atoms with Crippen LogP contribution >= 0.6 is 11.3 Å². The van der Waals surface area contributed by atoms with Crippen molar-refractivity contribution in [1.29, 1.82) is 0 Å². The van der Waals surface area contributed by atoms with Crippen molar-refractivity contribution in [1.82, 2.24) is 9.80 Å². The lowest BCUT2D eigenvalue weighted by atomic mass is 9.78. The Labute approximate surface area is 129 Å². The number of nitrogens with zero attached hydrogens (tertiary/aromatic N) is 2. The Hall–Kier alpha value is -1.62. The van der Waals surface area contributed by atoms with E-state index in [1.165, 1.54) is 11.3 Å². The molecule has 0 saturated carbocycles. The molecule has 0 unspecified atom stereocenters. The molecule has 112 valence electrons. The minimum atomic E-state index is -0.354. The van der Waals surface area contributed by atoms with E-state index in [-0.39, 0.29) is 17.2 Å². The highest BCUT2D eigenvalue weighted by Crippen LogP contribution is 2.40. The molecule has 21 heavy (non-hydrogen) atoms. The van der Waals surface area contributed by atoms with Crippen molar-refractivity contribution in [2.75, 3.05) is 26.2 Å². The fourth-order valence-electron chi connectivity index (χ4n) is 3.48. The highest BCUT2D eigenvalue weighted by atomic mass is 32.1. The summed E-state index contributed by atoms with van der Waals surface area (Å²) >= 11 is 1.53. The average molecular weight is 304 g/mol. The second-order valence-electron chi connectivity index (χ2n) is 5.91. The van der Waals surface area contributed by atoms with E-state index in [2.05, 4.69) is 6.58 Å². The third-order valence-electron chi connectivity index (χ3n) is 4.58. The summed E-state index contributed by atoms with van der Waals surface area (Å²) < 4.78 is 0. The molecule has 2 aliphatic rings. The van der Waals surface area contributed by atoms with Gasteiger partial charge in [-0.3, -0.25) is 9.59 Å². The molecule has 1 aromatic heterocycles. The van der Waals surface area contributed by atoms with Gasteiger partial charge < -0.3 is 9.80 Å². The highest BCUT2D eigenvalue weighted by molar-refractivity contribution is 7.08. The zero-order valence-electron chi connectivity index (χ0n) is 12.1. The molecule has 1 atom stereocenters. The maximum Gasteiger partial charge on any atom is 0.254 e. The molecule has 4 nitrogen and oxygen atoms in total. The average Bonchev–Trinajstić information content (AvgIpc) is 3.12. The summed E-state index contributed by atoms with van der Waals surface area (Å²) in [5.74, 6) is 0.260. The summed E-state index contributed by atoms with van der Waals surface area (Å²) in [7, 11) is 0. The zero-order chi connectivity index (χ0) is 14.9. The lowest BCUT2D eigenvalue weighted by molar-refractivity contribution is -0.137. The number of amides is 2. The van der Waals surface area contributed by atoms with Crippen molar-refractivity contribution in [3.63, 3.8) is 0 Å². The van der Waals surface area contributed by atoms with Crippen molar-refractivity contribution in [2.24, 2.45) is 5.41 Å². The summed E-state index contributed by atoms with van der Waals surface area (Å²) in [4.78, 5) is 28.9. The van der Waals surface area contributed by atoms with Crippen LogP contribution in [0.5, 0.6) is 0 Å². The maximum absolute atomic E-state index is 12.7. The van der Waals surface area contributed by atoms with Gasteiger partial charge in [-0.1, -0.05) is 6.08 Å². The van der Waals surface area contributed by atoms with Gasteiger partial charge in [0.05, 0.1) is 11.0 Å². The zero-order valence-corrected chi connectivity index (χ0v) is 12.9. The normalized spacial score (nSPS) is 25.6. The summed E-state index contributed by atoms with van der Waals surface area (Å²) in [6.45, 7) is 6.42. The Bertz CT molecular complexity index is 555. The molecular weight excluding hydrogens is 284 g/mol. The van der Waals surface area contributed by atoms with Gasteiger partial charge in [-0.05, 0) is 30.7 Å². The van der Waals surface area contributed by atoms with Crippen LogP contribution < -0.4 is 0 Å². The lowest BCUT2D eigenvalue weighted by Gasteiger charge is -2.39. The Morgan fingerprint density at radius 1 is 1.43 bits per heavy atom. The summed E-state index contributed by atoms with van der Waals surface area (Å²) in [5.41, 5.74) is 0.387. The van der Waals surface area contributed by atoms with Gasteiger partial charge in [-0.15, -0.1) is 6.58 Å². The van der Waals surface area contributed by atoms with E-state index in [9.17, 15) is 9.59 Å². The molecule has 0 N–H and O–H groups in total. The number of carbonyl (C=O) groups excluding carboxylic acids is 2. The smallest absolute Gasteiger partial charge is 0.254 e. The van der Waals surface area contributed by atoms with Crippen LogP contribution in [0.2, 0.25) is 0 Å². The number of carbonyl (C=O) groups is 2. The second kappa shape index (κ2) is 5.64. The summed E-state index contributed by atoms with van der Waals surface area (Å²) in [5, 5.41) is 3.80. The van der Waals surface area contributed by atoms with Crippen LogP contribution in [0.25, 0.3) is 0 Å². The maximum atomic E-state index is 12.7.